The molecule has 1 fully saturated rings. The Morgan fingerprint density at radius 2 is 0.867 bits per heavy atom. The topological polar surface area (TPSA) is 46.4 Å². The normalized spacial score (nSPS) is 19.3. The first-order chi connectivity index (χ1) is 29.3. The van der Waals surface area contributed by atoms with Crippen LogP contribution in [0, 0.1) is 0 Å². The van der Waals surface area contributed by atoms with Crippen LogP contribution in [0.25, 0.3) is 0 Å². The summed E-state index contributed by atoms with van der Waals surface area (Å²) in [5.74, 6) is 0. The number of anilines is 2. The van der Waals surface area contributed by atoms with E-state index in [1.807, 2.05) is 13.8 Å². The Bertz CT molecular complexity index is 2060. The summed E-state index contributed by atoms with van der Waals surface area (Å²) in [6, 6.07) is 39.3. The maximum Gasteiger partial charge on any atom is 0.218 e. The second-order valence-electron chi connectivity index (χ2n) is 16.5. The molecule has 0 bridgehead atoms. The lowest BCUT2D eigenvalue weighted by atomic mass is 9.83. The number of ether oxygens (including phenoxy) is 4. The van der Waals surface area contributed by atoms with Crippen LogP contribution in [0.1, 0.15) is 65.5 Å². The molecule has 60 heavy (non-hydrogen) atoms. The van der Waals surface area contributed by atoms with Crippen LogP contribution in [0.4, 0.5) is 22.7 Å². The summed E-state index contributed by atoms with van der Waals surface area (Å²) in [5.41, 5.74) is 13.5. The molecule has 0 saturated heterocycles. The molecule has 0 radical (unpaired) electrons. The molecule has 3 aliphatic rings. The van der Waals surface area contributed by atoms with Gasteiger partial charge in [0.2, 0.25) is 17.1 Å². The molecule has 0 unspecified atom stereocenters. The van der Waals surface area contributed by atoms with Crippen LogP contribution in [-0.2, 0) is 29.8 Å². The molecule has 0 N–H and O–H groups in total. The fourth-order valence-electron chi connectivity index (χ4n) is 9.05. The summed E-state index contributed by atoms with van der Waals surface area (Å²) in [6.07, 6.45) is 11.4. The zero-order chi connectivity index (χ0) is 42.0. The van der Waals surface area contributed by atoms with Gasteiger partial charge in [-0.05, 0) is 62.1 Å². The predicted octanol–water partition coefficient (Wildman–Crippen LogP) is 11.1. The highest BCUT2D eigenvalue weighted by molar-refractivity contribution is 6.17. The standard InChI is InChI=1S/C53H64N3O4/c1-7-57-37-39-59-35-33-54-47-25-17-15-23-45(47)52(3,4)49(54)31-29-41-27-28-42(51(41)56(43-19-11-9-12-20-43)44-21-13-10-14-22-44)30-32-50-53(5,6)46-24-16-18-26-48(46)55(50)34-36-60-40-38-58-8-2/h9-26,29-32H,7-8,27-28,33-40H2,1-6H3/q+1. The predicted molar refractivity (Wildman–Crippen MR) is 249 cm³/mol. The maximum absolute atomic E-state index is 6.07. The summed E-state index contributed by atoms with van der Waals surface area (Å²) in [5, 5.41) is 0. The van der Waals surface area contributed by atoms with E-state index >= 15 is 0 Å². The summed E-state index contributed by atoms with van der Waals surface area (Å²) in [6.45, 7) is 20.0. The fraction of sp³-hybridized carbons (Fsp3) is 0.377. The zero-order valence-electron chi connectivity index (χ0n) is 36.7. The van der Waals surface area contributed by atoms with Gasteiger partial charge in [0.05, 0.1) is 39.6 Å². The van der Waals surface area contributed by atoms with E-state index in [0.29, 0.717) is 52.9 Å². The maximum atomic E-state index is 6.07. The number of hydrogen-bond donors (Lipinski definition) is 0. The molecule has 4 aromatic carbocycles. The number of nitrogens with zero attached hydrogens (tertiary/aromatic N) is 3. The van der Waals surface area contributed by atoms with Crippen molar-refractivity contribution in [1.29, 1.82) is 0 Å². The molecule has 7 heteroatoms. The Kier molecular flexibility index (Phi) is 14.4. The van der Waals surface area contributed by atoms with Gasteiger partial charge in [0, 0.05) is 95.3 Å². The summed E-state index contributed by atoms with van der Waals surface area (Å²) in [4.78, 5) is 4.92. The average molecular weight is 807 g/mol. The van der Waals surface area contributed by atoms with Gasteiger partial charge >= 0.3 is 0 Å². The van der Waals surface area contributed by atoms with Gasteiger partial charge < -0.3 is 28.7 Å². The van der Waals surface area contributed by atoms with Crippen molar-refractivity contribution in [1.82, 2.24) is 4.58 Å². The number of rotatable bonds is 18. The highest BCUT2D eigenvalue weighted by atomic mass is 16.5. The molecule has 1 saturated carbocycles. The Morgan fingerprint density at radius 1 is 0.483 bits per heavy atom. The molecule has 0 spiro atoms. The molecule has 7 nitrogen and oxygen atoms in total. The van der Waals surface area contributed by atoms with Crippen LogP contribution >= 0.6 is 0 Å². The van der Waals surface area contributed by atoms with Crippen LogP contribution in [0.15, 0.2) is 156 Å². The lowest BCUT2D eigenvalue weighted by molar-refractivity contribution is 0.0559. The monoisotopic (exact) mass is 806 g/mol. The number of para-hydroxylation sites is 4. The highest BCUT2D eigenvalue weighted by Crippen LogP contribution is 2.49. The first kappa shape index (κ1) is 43.1. The van der Waals surface area contributed by atoms with Crippen LogP contribution in [0.2, 0.25) is 0 Å². The van der Waals surface area contributed by atoms with Crippen molar-refractivity contribution in [2.45, 2.75) is 65.2 Å². The Labute approximate surface area is 358 Å². The van der Waals surface area contributed by atoms with E-state index in [4.69, 9.17) is 18.9 Å². The molecule has 7 rings (SSSR count). The van der Waals surface area contributed by atoms with Gasteiger partial charge in [-0.1, -0.05) is 113 Å². The van der Waals surface area contributed by atoms with Crippen molar-refractivity contribution in [2.24, 2.45) is 0 Å². The molecule has 2 aliphatic heterocycles. The minimum absolute atomic E-state index is 0.182. The van der Waals surface area contributed by atoms with Crippen molar-refractivity contribution < 1.29 is 18.9 Å². The SMILES string of the molecule is CCOCCOCCN1C(=CC=C2CCC(=CC=C3N(CCOCCOCC)c4ccccc4C3(C)C)C2=[N+](c2ccccc2)c2ccccc2)C(C)(C)c2ccccc21. The second-order valence-corrected chi connectivity index (χ2v) is 16.5. The van der Waals surface area contributed by atoms with E-state index in [2.05, 4.69) is 176 Å². The van der Waals surface area contributed by atoms with Gasteiger partial charge in [-0.3, -0.25) is 0 Å². The largest absolute Gasteiger partial charge is 0.379 e. The van der Waals surface area contributed by atoms with Gasteiger partial charge in [-0.15, -0.1) is 0 Å². The lowest BCUT2D eigenvalue weighted by Gasteiger charge is -2.27. The smallest absolute Gasteiger partial charge is 0.218 e. The molecule has 2 heterocycles. The van der Waals surface area contributed by atoms with E-state index in [1.165, 1.54) is 50.8 Å². The Hall–Kier alpha value is -5.05. The zero-order valence-corrected chi connectivity index (χ0v) is 36.7. The molecule has 0 atom stereocenters. The third kappa shape index (κ3) is 9.30. The summed E-state index contributed by atoms with van der Waals surface area (Å²) >= 11 is 0. The van der Waals surface area contributed by atoms with Gasteiger partial charge in [0.25, 0.3) is 0 Å². The van der Waals surface area contributed by atoms with Crippen molar-refractivity contribution in [3.05, 3.63) is 167 Å². The molecule has 4 aromatic rings. The van der Waals surface area contributed by atoms with Gasteiger partial charge in [-0.25, -0.2) is 0 Å². The summed E-state index contributed by atoms with van der Waals surface area (Å²) < 4.78 is 25.7. The average Bonchev–Trinajstić information content (AvgIpc) is 3.83. The van der Waals surface area contributed by atoms with Crippen molar-refractivity contribution in [3.8, 4) is 0 Å². The van der Waals surface area contributed by atoms with Crippen LogP contribution < -0.4 is 14.4 Å². The van der Waals surface area contributed by atoms with Crippen molar-refractivity contribution in [3.63, 3.8) is 0 Å². The molecule has 0 amide bonds. The number of benzene rings is 4. The minimum Gasteiger partial charge on any atom is -0.379 e. The first-order valence-electron chi connectivity index (χ1n) is 21.9. The number of fused-ring (bicyclic) bond motifs is 2. The lowest BCUT2D eigenvalue weighted by Crippen LogP contribution is -2.29. The highest BCUT2D eigenvalue weighted by Gasteiger charge is 2.41. The van der Waals surface area contributed by atoms with Crippen molar-refractivity contribution >= 4 is 28.5 Å². The molecule has 314 valence electrons. The van der Waals surface area contributed by atoms with E-state index in [9.17, 15) is 0 Å². The fourth-order valence-corrected chi connectivity index (χ4v) is 9.05. The van der Waals surface area contributed by atoms with Crippen LogP contribution in [-0.4, -0.2) is 71.7 Å². The Balaban J connectivity index is 1.32. The number of hydrogen-bond acceptors (Lipinski definition) is 6. The van der Waals surface area contributed by atoms with Gasteiger partial charge in [0.1, 0.15) is 0 Å². The van der Waals surface area contributed by atoms with Crippen LogP contribution in [0.5, 0.6) is 0 Å². The third-order valence-corrected chi connectivity index (χ3v) is 12.1. The number of allylic oxidation sites excluding steroid dienone is 8. The molecular formula is C53H64N3O4+. The van der Waals surface area contributed by atoms with E-state index in [-0.39, 0.29) is 10.8 Å². The van der Waals surface area contributed by atoms with Gasteiger partial charge in [0.15, 0.2) is 0 Å². The third-order valence-electron chi connectivity index (χ3n) is 12.1. The molecular weight excluding hydrogens is 743 g/mol. The van der Waals surface area contributed by atoms with Gasteiger partial charge in [-0.2, -0.15) is 4.58 Å². The minimum atomic E-state index is -0.182. The van der Waals surface area contributed by atoms with Crippen LogP contribution in [0.3, 0.4) is 0 Å². The van der Waals surface area contributed by atoms with E-state index in [0.717, 1.165) is 37.3 Å². The Morgan fingerprint density at radius 3 is 1.28 bits per heavy atom. The van der Waals surface area contributed by atoms with E-state index in [1.54, 1.807) is 0 Å². The molecule has 1 aliphatic carbocycles. The van der Waals surface area contributed by atoms with Crippen molar-refractivity contribution in [2.75, 3.05) is 75.7 Å². The quantitative estimate of drug-likeness (QED) is 0.0737. The van der Waals surface area contributed by atoms with E-state index < -0.39 is 0 Å². The summed E-state index contributed by atoms with van der Waals surface area (Å²) in [7, 11) is 0. The first-order valence-corrected chi connectivity index (χ1v) is 21.9. The molecule has 0 aromatic heterocycles. The second kappa shape index (κ2) is 20.0.